The number of halogens is 2. The summed E-state index contributed by atoms with van der Waals surface area (Å²) >= 11 is 9.52. The molecule has 0 aliphatic carbocycles. The monoisotopic (exact) mass is 328 g/mol. The van der Waals surface area contributed by atoms with Crippen LogP contribution in [-0.2, 0) is 6.54 Å². The van der Waals surface area contributed by atoms with E-state index in [1.54, 1.807) is 6.26 Å². The highest BCUT2D eigenvalue weighted by molar-refractivity contribution is 9.10. The van der Waals surface area contributed by atoms with Crippen LogP contribution in [-0.4, -0.2) is 11.0 Å². The van der Waals surface area contributed by atoms with Gasteiger partial charge in [-0.05, 0) is 18.2 Å². The molecule has 1 heterocycles. The first-order chi connectivity index (χ1) is 8.56. The Morgan fingerprint density at radius 1 is 1.44 bits per heavy atom. The third-order valence-corrected chi connectivity index (χ3v) is 3.21. The molecule has 0 amide bonds. The Morgan fingerprint density at radius 3 is 2.89 bits per heavy atom. The fraction of sp³-hybridized carbons (Fsp3) is 0.308. The zero-order valence-corrected chi connectivity index (χ0v) is 12.5. The van der Waals surface area contributed by atoms with Gasteiger partial charge in [0.1, 0.15) is 6.26 Å². The van der Waals surface area contributed by atoms with E-state index in [1.165, 1.54) is 0 Å². The van der Waals surface area contributed by atoms with Gasteiger partial charge in [-0.2, -0.15) is 0 Å². The van der Waals surface area contributed by atoms with Gasteiger partial charge in [0.05, 0.1) is 16.3 Å². The molecule has 3 nitrogen and oxygen atoms in total. The second kappa shape index (κ2) is 5.87. The minimum atomic E-state index is 0.418. The average molecular weight is 330 g/mol. The van der Waals surface area contributed by atoms with E-state index in [2.05, 4.69) is 40.1 Å². The maximum Gasteiger partial charge on any atom is 0.227 e. The first kappa shape index (κ1) is 13.6. The molecule has 0 spiro atoms. The summed E-state index contributed by atoms with van der Waals surface area (Å²) in [6, 6.07) is 6.05. The number of rotatable bonds is 4. The van der Waals surface area contributed by atoms with Gasteiger partial charge in [-0.15, -0.1) is 0 Å². The van der Waals surface area contributed by atoms with Crippen LogP contribution in [0.5, 0.6) is 0 Å². The SMILES string of the molecule is CC(C)NCc1coc(-c2ccc(Br)cc2Cl)n1. The van der Waals surface area contributed by atoms with E-state index < -0.39 is 0 Å². The lowest BCUT2D eigenvalue weighted by Crippen LogP contribution is -2.21. The van der Waals surface area contributed by atoms with Gasteiger partial charge in [0, 0.05) is 17.1 Å². The van der Waals surface area contributed by atoms with Gasteiger partial charge in [0.25, 0.3) is 0 Å². The number of hydrogen-bond donors (Lipinski definition) is 1. The number of aromatic nitrogens is 1. The van der Waals surface area contributed by atoms with E-state index in [-0.39, 0.29) is 0 Å². The zero-order chi connectivity index (χ0) is 13.1. The molecule has 0 aliphatic rings. The highest BCUT2D eigenvalue weighted by atomic mass is 79.9. The van der Waals surface area contributed by atoms with Crippen LogP contribution in [0, 0.1) is 0 Å². The summed E-state index contributed by atoms with van der Waals surface area (Å²) in [5, 5.41) is 3.91. The van der Waals surface area contributed by atoms with Crippen LogP contribution in [0.25, 0.3) is 11.5 Å². The highest BCUT2D eigenvalue weighted by Gasteiger charge is 2.10. The van der Waals surface area contributed by atoms with Crippen molar-refractivity contribution in [1.82, 2.24) is 10.3 Å². The van der Waals surface area contributed by atoms with Crippen LogP contribution in [0.4, 0.5) is 0 Å². The van der Waals surface area contributed by atoms with Crippen LogP contribution in [0.2, 0.25) is 5.02 Å². The first-order valence-corrected chi connectivity index (χ1v) is 6.86. The fourth-order valence-electron chi connectivity index (χ4n) is 1.48. The van der Waals surface area contributed by atoms with Crippen molar-refractivity contribution in [2.45, 2.75) is 26.4 Å². The van der Waals surface area contributed by atoms with Crippen molar-refractivity contribution in [2.24, 2.45) is 0 Å². The minimum absolute atomic E-state index is 0.418. The Kier molecular flexibility index (Phi) is 4.43. The van der Waals surface area contributed by atoms with Crippen molar-refractivity contribution >= 4 is 27.5 Å². The average Bonchev–Trinajstić information content (AvgIpc) is 2.75. The molecule has 2 aromatic rings. The molecule has 5 heteroatoms. The molecule has 0 aliphatic heterocycles. The Morgan fingerprint density at radius 2 is 2.22 bits per heavy atom. The summed E-state index contributed by atoms with van der Waals surface area (Å²) in [6.07, 6.45) is 1.66. The Hall–Kier alpha value is -0.840. The number of benzene rings is 1. The van der Waals surface area contributed by atoms with Crippen molar-refractivity contribution in [3.63, 3.8) is 0 Å². The molecule has 0 unspecified atom stereocenters. The second-order valence-corrected chi connectivity index (χ2v) is 5.63. The maximum absolute atomic E-state index is 6.16. The predicted molar refractivity (Wildman–Crippen MR) is 76.6 cm³/mol. The van der Waals surface area contributed by atoms with E-state index in [0.717, 1.165) is 15.7 Å². The smallest absolute Gasteiger partial charge is 0.227 e. The van der Waals surface area contributed by atoms with Gasteiger partial charge in [-0.25, -0.2) is 4.98 Å². The number of nitrogens with zero attached hydrogens (tertiary/aromatic N) is 1. The Balaban J connectivity index is 2.18. The van der Waals surface area contributed by atoms with Crippen LogP contribution >= 0.6 is 27.5 Å². The molecule has 0 atom stereocenters. The Labute approximate surface area is 120 Å². The number of hydrogen-bond acceptors (Lipinski definition) is 3. The molecular formula is C13H14BrClN2O. The van der Waals surface area contributed by atoms with Gasteiger partial charge in [0.15, 0.2) is 0 Å². The van der Waals surface area contributed by atoms with Crippen LogP contribution < -0.4 is 5.32 Å². The largest absolute Gasteiger partial charge is 0.444 e. The molecule has 0 saturated heterocycles. The summed E-state index contributed by atoms with van der Waals surface area (Å²) in [7, 11) is 0. The van der Waals surface area contributed by atoms with Gasteiger partial charge in [-0.1, -0.05) is 41.4 Å². The van der Waals surface area contributed by atoms with Crippen molar-refractivity contribution in [1.29, 1.82) is 0 Å². The lowest BCUT2D eigenvalue weighted by molar-refractivity contribution is 0.560. The normalized spacial score (nSPS) is 11.2. The molecule has 2 rings (SSSR count). The highest BCUT2D eigenvalue weighted by Crippen LogP contribution is 2.29. The van der Waals surface area contributed by atoms with Gasteiger partial charge >= 0.3 is 0 Å². The topological polar surface area (TPSA) is 38.1 Å². The minimum Gasteiger partial charge on any atom is -0.444 e. The summed E-state index contributed by atoms with van der Waals surface area (Å²) in [5.74, 6) is 0.549. The molecule has 0 saturated carbocycles. The third-order valence-electron chi connectivity index (χ3n) is 2.40. The van der Waals surface area contributed by atoms with Crippen molar-refractivity contribution in [2.75, 3.05) is 0 Å². The molecule has 96 valence electrons. The molecular weight excluding hydrogens is 316 g/mol. The second-order valence-electron chi connectivity index (χ2n) is 4.30. The predicted octanol–water partition coefficient (Wildman–Crippen LogP) is 4.26. The lowest BCUT2D eigenvalue weighted by atomic mass is 10.2. The zero-order valence-electron chi connectivity index (χ0n) is 10.2. The molecule has 0 bridgehead atoms. The molecule has 0 fully saturated rings. The summed E-state index contributed by atoms with van der Waals surface area (Å²) < 4.78 is 6.39. The molecule has 1 aromatic carbocycles. The van der Waals surface area contributed by atoms with E-state index in [4.69, 9.17) is 16.0 Å². The third kappa shape index (κ3) is 3.34. The summed E-state index contributed by atoms with van der Waals surface area (Å²) in [6.45, 7) is 4.87. The van der Waals surface area contributed by atoms with E-state index in [0.29, 0.717) is 23.5 Å². The summed E-state index contributed by atoms with van der Waals surface area (Å²) in [4.78, 5) is 4.41. The first-order valence-electron chi connectivity index (χ1n) is 5.69. The van der Waals surface area contributed by atoms with E-state index in [9.17, 15) is 0 Å². The van der Waals surface area contributed by atoms with E-state index in [1.807, 2.05) is 18.2 Å². The lowest BCUT2D eigenvalue weighted by Gasteiger charge is -2.04. The van der Waals surface area contributed by atoms with E-state index >= 15 is 0 Å². The summed E-state index contributed by atoms with van der Waals surface area (Å²) in [5.41, 5.74) is 1.67. The fourth-order valence-corrected chi connectivity index (χ4v) is 2.24. The molecule has 1 N–H and O–H groups in total. The quantitative estimate of drug-likeness (QED) is 0.911. The molecule has 1 aromatic heterocycles. The number of nitrogens with one attached hydrogen (secondary N) is 1. The van der Waals surface area contributed by atoms with Gasteiger partial charge in [0.2, 0.25) is 5.89 Å². The van der Waals surface area contributed by atoms with Crippen molar-refractivity contribution in [3.8, 4) is 11.5 Å². The van der Waals surface area contributed by atoms with Crippen molar-refractivity contribution in [3.05, 3.63) is 39.7 Å². The van der Waals surface area contributed by atoms with Gasteiger partial charge in [-0.3, -0.25) is 0 Å². The number of oxazole rings is 1. The standard InChI is InChI=1S/C13H14BrClN2O/c1-8(2)16-6-10-7-18-13(17-10)11-4-3-9(14)5-12(11)15/h3-5,7-8,16H,6H2,1-2H3. The van der Waals surface area contributed by atoms with Crippen molar-refractivity contribution < 1.29 is 4.42 Å². The van der Waals surface area contributed by atoms with Gasteiger partial charge < -0.3 is 9.73 Å². The Bertz CT molecular complexity index is 540. The molecule has 0 radical (unpaired) electrons. The van der Waals surface area contributed by atoms with Crippen LogP contribution in [0.15, 0.2) is 33.4 Å². The van der Waals surface area contributed by atoms with Crippen LogP contribution in [0.3, 0.4) is 0 Å². The van der Waals surface area contributed by atoms with Crippen LogP contribution in [0.1, 0.15) is 19.5 Å². The maximum atomic E-state index is 6.16. The molecule has 18 heavy (non-hydrogen) atoms.